The number of benzene rings is 1. The highest BCUT2D eigenvalue weighted by Crippen LogP contribution is 2.41. The van der Waals surface area contributed by atoms with E-state index >= 15 is 0 Å². The second-order valence-corrected chi connectivity index (χ2v) is 9.66. The lowest BCUT2D eigenvalue weighted by Gasteiger charge is -2.39. The van der Waals surface area contributed by atoms with Crippen molar-refractivity contribution in [2.75, 3.05) is 31.2 Å². The maximum absolute atomic E-state index is 13.6. The Balaban J connectivity index is 1.18. The Kier molecular flexibility index (Phi) is 5.46. The molecule has 6 heteroatoms. The molecular formula is C27H30N4O2. The van der Waals surface area contributed by atoms with Gasteiger partial charge in [-0.05, 0) is 67.2 Å². The van der Waals surface area contributed by atoms with E-state index in [0.717, 1.165) is 56.6 Å². The van der Waals surface area contributed by atoms with Gasteiger partial charge in [0.2, 0.25) is 0 Å². The van der Waals surface area contributed by atoms with Crippen molar-refractivity contribution in [3.8, 4) is 0 Å². The zero-order chi connectivity index (χ0) is 22.2. The van der Waals surface area contributed by atoms with Gasteiger partial charge in [-0.3, -0.25) is 9.78 Å². The average molecular weight is 443 g/mol. The second kappa shape index (κ2) is 8.75. The van der Waals surface area contributed by atoms with Gasteiger partial charge in [-0.2, -0.15) is 0 Å². The standard InChI is InChI=1S/C27H30N4O2/c32-27(22-7-9-29-26(17-22)30-10-12-33-13-11-30)31-23-4-5-24(31)16-19(15-23)14-21-3-1-2-20-6-8-28-18-25(20)21/h1-3,6-9,17-19,23-24H,4-5,10-16H2. The number of ether oxygens (including phenoxy) is 1. The molecule has 3 aromatic rings. The number of carbonyl (C=O) groups is 1. The number of hydrogen-bond acceptors (Lipinski definition) is 5. The van der Waals surface area contributed by atoms with Gasteiger partial charge in [0.25, 0.3) is 5.91 Å². The second-order valence-electron chi connectivity index (χ2n) is 9.66. The van der Waals surface area contributed by atoms with E-state index in [1.165, 1.54) is 16.3 Å². The van der Waals surface area contributed by atoms with Crippen molar-refractivity contribution in [2.24, 2.45) is 5.92 Å². The van der Waals surface area contributed by atoms with E-state index in [0.29, 0.717) is 31.2 Å². The minimum atomic E-state index is 0.173. The van der Waals surface area contributed by atoms with Gasteiger partial charge in [-0.15, -0.1) is 0 Å². The molecule has 0 spiro atoms. The van der Waals surface area contributed by atoms with Crippen LogP contribution in [0, 0.1) is 5.92 Å². The van der Waals surface area contributed by atoms with Gasteiger partial charge in [0, 0.05) is 54.7 Å². The predicted octanol–water partition coefficient (Wildman–Crippen LogP) is 4.09. The van der Waals surface area contributed by atoms with E-state index in [4.69, 9.17) is 4.74 Å². The largest absolute Gasteiger partial charge is 0.378 e. The van der Waals surface area contributed by atoms with Crippen LogP contribution in [0.15, 0.2) is 55.0 Å². The van der Waals surface area contributed by atoms with Gasteiger partial charge in [-0.25, -0.2) is 4.98 Å². The van der Waals surface area contributed by atoms with Gasteiger partial charge in [0.1, 0.15) is 5.82 Å². The summed E-state index contributed by atoms with van der Waals surface area (Å²) in [4.78, 5) is 26.9. The summed E-state index contributed by atoms with van der Waals surface area (Å²) in [5.74, 6) is 1.67. The van der Waals surface area contributed by atoms with Crippen LogP contribution < -0.4 is 4.90 Å². The molecule has 2 atom stereocenters. The van der Waals surface area contributed by atoms with Crippen LogP contribution in [0.2, 0.25) is 0 Å². The maximum Gasteiger partial charge on any atom is 0.254 e. The van der Waals surface area contributed by atoms with Crippen molar-refractivity contribution in [1.82, 2.24) is 14.9 Å². The highest BCUT2D eigenvalue weighted by atomic mass is 16.5. The van der Waals surface area contributed by atoms with Crippen molar-refractivity contribution < 1.29 is 9.53 Å². The first-order valence-corrected chi connectivity index (χ1v) is 12.2. The van der Waals surface area contributed by atoms with E-state index in [1.54, 1.807) is 6.20 Å². The van der Waals surface area contributed by atoms with Gasteiger partial charge in [-0.1, -0.05) is 18.2 Å². The number of aromatic nitrogens is 2. The van der Waals surface area contributed by atoms with Crippen molar-refractivity contribution >= 4 is 22.5 Å². The summed E-state index contributed by atoms with van der Waals surface area (Å²) >= 11 is 0. The number of rotatable bonds is 4. The molecule has 1 amide bonds. The van der Waals surface area contributed by atoms with Gasteiger partial charge in [0.15, 0.2) is 0 Å². The molecule has 0 aliphatic carbocycles. The Morgan fingerprint density at radius 3 is 2.67 bits per heavy atom. The maximum atomic E-state index is 13.6. The summed E-state index contributed by atoms with van der Waals surface area (Å²) in [6.45, 7) is 3.07. The number of fused-ring (bicyclic) bond motifs is 3. The Morgan fingerprint density at radius 1 is 1.03 bits per heavy atom. The highest BCUT2D eigenvalue weighted by molar-refractivity contribution is 5.95. The van der Waals surface area contributed by atoms with Crippen LogP contribution in [0.5, 0.6) is 0 Å². The molecule has 3 aliphatic rings. The summed E-state index contributed by atoms with van der Waals surface area (Å²) in [5.41, 5.74) is 2.15. The highest BCUT2D eigenvalue weighted by Gasteiger charge is 2.43. The molecule has 0 saturated carbocycles. The number of anilines is 1. The zero-order valence-electron chi connectivity index (χ0n) is 18.9. The molecule has 3 fully saturated rings. The number of pyridine rings is 2. The fourth-order valence-corrected chi connectivity index (χ4v) is 6.12. The molecule has 33 heavy (non-hydrogen) atoms. The minimum Gasteiger partial charge on any atom is -0.378 e. The lowest BCUT2D eigenvalue weighted by atomic mass is 9.84. The molecule has 5 heterocycles. The summed E-state index contributed by atoms with van der Waals surface area (Å²) < 4.78 is 5.46. The molecule has 3 aliphatic heterocycles. The monoisotopic (exact) mass is 442 g/mol. The van der Waals surface area contributed by atoms with Gasteiger partial charge >= 0.3 is 0 Å². The van der Waals surface area contributed by atoms with E-state index in [-0.39, 0.29) is 5.91 Å². The number of nitrogens with zero attached hydrogens (tertiary/aromatic N) is 4. The van der Waals surface area contributed by atoms with Crippen LogP contribution in [-0.4, -0.2) is 59.2 Å². The third kappa shape index (κ3) is 3.97. The number of morpholine rings is 1. The lowest BCUT2D eigenvalue weighted by Crippen LogP contribution is -2.47. The first-order chi connectivity index (χ1) is 16.3. The molecule has 2 bridgehead atoms. The zero-order valence-corrected chi connectivity index (χ0v) is 18.9. The molecule has 2 unspecified atom stereocenters. The Morgan fingerprint density at radius 2 is 1.85 bits per heavy atom. The minimum absolute atomic E-state index is 0.173. The van der Waals surface area contributed by atoms with Crippen LogP contribution in [0.1, 0.15) is 41.6 Å². The molecule has 170 valence electrons. The Bertz CT molecular complexity index is 1140. The van der Waals surface area contributed by atoms with Crippen LogP contribution in [0.3, 0.4) is 0 Å². The molecule has 3 saturated heterocycles. The fourth-order valence-electron chi connectivity index (χ4n) is 6.12. The number of carbonyl (C=O) groups excluding carboxylic acids is 1. The van der Waals surface area contributed by atoms with Crippen LogP contribution >= 0.6 is 0 Å². The third-order valence-corrected chi connectivity index (χ3v) is 7.68. The number of piperidine rings is 1. The normalized spacial score (nSPS) is 24.9. The predicted molar refractivity (Wildman–Crippen MR) is 128 cm³/mol. The number of hydrogen-bond donors (Lipinski definition) is 0. The quantitative estimate of drug-likeness (QED) is 0.609. The number of amides is 1. The van der Waals surface area contributed by atoms with Crippen LogP contribution in [0.25, 0.3) is 10.8 Å². The first kappa shape index (κ1) is 20.6. The van der Waals surface area contributed by atoms with Gasteiger partial charge < -0.3 is 14.5 Å². The van der Waals surface area contributed by atoms with Crippen molar-refractivity contribution in [1.29, 1.82) is 0 Å². The first-order valence-electron chi connectivity index (χ1n) is 12.2. The topological polar surface area (TPSA) is 58.6 Å². The van der Waals surface area contributed by atoms with Crippen molar-refractivity contribution in [2.45, 2.75) is 44.2 Å². The smallest absolute Gasteiger partial charge is 0.254 e. The van der Waals surface area contributed by atoms with E-state index in [1.807, 2.05) is 24.5 Å². The lowest BCUT2D eigenvalue weighted by molar-refractivity contribution is 0.0524. The van der Waals surface area contributed by atoms with Crippen molar-refractivity contribution in [3.05, 3.63) is 66.1 Å². The van der Waals surface area contributed by atoms with Crippen LogP contribution in [-0.2, 0) is 11.2 Å². The summed E-state index contributed by atoms with van der Waals surface area (Å²) in [6.07, 6.45) is 11.1. The molecular weight excluding hydrogens is 412 g/mol. The fraction of sp³-hybridized carbons (Fsp3) is 0.444. The molecule has 2 aromatic heterocycles. The SMILES string of the molecule is O=C(c1ccnc(N2CCOCC2)c1)N1C2CCC1CC(Cc1cccc3ccncc13)C2. The Hall–Kier alpha value is -2.99. The summed E-state index contributed by atoms with van der Waals surface area (Å²) in [5, 5.41) is 2.52. The van der Waals surface area contributed by atoms with Crippen molar-refractivity contribution in [3.63, 3.8) is 0 Å². The molecule has 0 N–H and O–H groups in total. The third-order valence-electron chi connectivity index (χ3n) is 7.68. The molecule has 0 radical (unpaired) electrons. The van der Waals surface area contributed by atoms with E-state index < -0.39 is 0 Å². The average Bonchev–Trinajstić information content (AvgIpc) is 3.14. The van der Waals surface area contributed by atoms with Gasteiger partial charge in [0.05, 0.1) is 13.2 Å². The van der Waals surface area contributed by atoms with E-state index in [2.05, 4.69) is 44.0 Å². The summed E-state index contributed by atoms with van der Waals surface area (Å²) in [7, 11) is 0. The molecule has 6 rings (SSSR count). The summed E-state index contributed by atoms with van der Waals surface area (Å²) in [6, 6.07) is 13.2. The molecule has 1 aromatic carbocycles. The molecule has 6 nitrogen and oxygen atoms in total. The van der Waals surface area contributed by atoms with Crippen LogP contribution in [0.4, 0.5) is 5.82 Å². The Labute approximate surface area is 194 Å². The van der Waals surface area contributed by atoms with E-state index in [9.17, 15) is 4.79 Å².